The van der Waals surface area contributed by atoms with Crippen molar-refractivity contribution in [2.45, 2.75) is 0 Å². The predicted octanol–water partition coefficient (Wildman–Crippen LogP) is 7.50. The molecule has 0 N–H and O–H groups in total. The lowest BCUT2D eigenvalue weighted by Gasteiger charge is -2.28. The quantitative estimate of drug-likeness (QED) is 0.108. The molecule has 52 heavy (non-hydrogen) atoms. The smallest absolute Gasteiger partial charge is 0.140 e. The van der Waals surface area contributed by atoms with Crippen molar-refractivity contribution in [2.24, 2.45) is 0 Å². The van der Waals surface area contributed by atoms with Crippen LogP contribution in [0.1, 0.15) is 0 Å². The lowest BCUT2D eigenvalue weighted by atomic mass is 10.3. The first-order valence-electron chi connectivity index (χ1n) is 16.8. The van der Waals surface area contributed by atoms with Crippen LogP contribution in [0.2, 0.25) is 0 Å². The van der Waals surface area contributed by atoms with Gasteiger partial charge >= 0.3 is 0 Å². The molecule has 0 atom stereocenters. The van der Waals surface area contributed by atoms with Gasteiger partial charge in [-0.1, -0.05) is 0 Å². The van der Waals surface area contributed by atoms with E-state index in [1.165, 1.54) is 31.8 Å². The van der Waals surface area contributed by atoms with E-state index in [1.54, 1.807) is 42.7 Å². The van der Waals surface area contributed by atoms with E-state index >= 15 is 0 Å². The summed E-state index contributed by atoms with van der Waals surface area (Å²) in [7, 11) is 5.09. The van der Waals surface area contributed by atoms with E-state index in [9.17, 15) is 0 Å². The van der Waals surface area contributed by atoms with Crippen LogP contribution >= 0.6 is 14.5 Å². The summed E-state index contributed by atoms with van der Waals surface area (Å²) in [6, 6.07) is 50.9. The fraction of sp³-hybridized carbons (Fsp3) is 0.136. The topological polar surface area (TPSA) is 55.4 Å². The van der Waals surface area contributed by atoms with Gasteiger partial charge in [-0.25, -0.2) is 0 Å². The molecule has 6 aromatic carbocycles. The maximum absolute atomic E-state index is 5.63. The van der Waals surface area contributed by atoms with Gasteiger partial charge in [0.05, 0.1) is 42.7 Å². The maximum Gasteiger partial charge on any atom is 0.140 e. The Labute approximate surface area is 308 Å². The van der Waals surface area contributed by atoms with Crippen molar-refractivity contribution < 1.29 is 28.4 Å². The van der Waals surface area contributed by atoms with Crippen molar-refractivity contribution in [2.75, 3.05) is 42.7 Å². The van der Waals surface area contributed by atoms with Gasteiger partial charge in [-0.2, -0.15) is 0 Å². The Morgan fingerprint density at radius 3 is 0.500 bits per heavy atom. The van der Waals surface area contributed by atoms with Crippen LogP contribution in [0.25, 0.3) is 0 Å². The van der Waals surface area contributed by atoms with Gasteiger partial charge in [0.25, 0.3) is 0 Å². The van der Waals surface area contributed by atoms with E-state index in [-0.39, 0.29) is 0 Å². The highest BCUT2D eigenvalue weighted by molar-refractivity contribution is 8.01. The van der Waals surface area contributed by atoms with Crippen LogP contribution in [0.15, 0.2) is 157 Å². The second kappa shape index (κ2) is 16.4. The molecule has 6 aromatic rings. The van der Waals surface area contributed by atoms with Gasteiger partial charge in [0.2, 0.25) is 0 Å². The summed E-state index contributed by atoms with van der Waals surface area (Å²) < 4.78 is 33.8. The third-order valence-corrected chi connectivity index (χ3v) is 17.5. The number of ether oxygens (including phenoxy) is 6. The molecule has 264 valence electrons. The minimum atomic E-state index is -2.54. The molecule has 0 aliphatic carbocycles. The monoisotopic (exact) mass is 730 g/mol. The molecular weight excluding hydrogens is 686 g/mol. The third kappa shape index (κ3) is 7.10. The van der Waals surface area contributed by atoms with Crippen molar-refractivity contribution in [3.63, 3.8) is 0 Å². The van der Waals surface area contributed by atoms with E-state index < -0.39 is 14.5 Å². The highest BCUT2D eigenvalue weighted by atomic mass is 31.2. The second-order valence-corrected chi connectivity index (χ2v) is 18.5. The molecular formula is C44H44O6P2+2. The Hall–Kier alpha value is -5.28. The van der Waals surface area contributed by atoms with Crippen molar-refractivity contribution >= 4 is 46.4 Å². The number of hydrogen-bond acceptors (Lipinski definition) is 6. The van der Waals surface area contributed by atoms with E-state index in [1.807, 2.05) is 72.8 Å². The number of rotatable bonds is 14. The van der Waals surface area contributed by atoms with Crippen molar-refractivity contribution in [1.82, 2.24) is 0 Å². The Kier molecular flexibility index (Phi) is 11.5. The normalized spacial score (nSPS) is 11.6. The lowest BCUT2D eigenvalue weighted by molar-refractivity contribution is 0.415. The summed E-state index contributed by atoms with van der Waals surface area (Å²) in [6.45, 7) is 0. The SMILES string of the molecule is COc1ccc([P+](/C=C/[P+](c2ccc(OC)cc2)(c2ccc(OC)cc2)c2ccc(OC)cc2)(c2ccc(OC)cc2)c2ccc(OC)cc2)cc1. The van der Waals surface area contributed by atoms with Gasteiger partial charge in [-0.3, -0.25) is 0 Å². The number of benzene rings is 6. The van der Waals surface area contributed by atoms with Crippen LogP contribution in [0.5, 0.6) is 34.5 Å². The molecule has 0 radical (unpaired) electrons. The standard InChI is InChI=1S/C44H44O6P2/c1-45-33-7-19-39(20-8-33)51(40-21-9-34(46-2)10-22-40,41-23-11-35(47-3)12-24-41)31-32-52(42-25-13-36(48-4)14-26-42,43-27-15-37(49-5)16-28-43)44-29-17-38(50-6)18-30-44/h7-32H,1-6H3/q+2/b32-31+. The maximum atomic E-state index is 5.63. The van der Waals surface area contributed by atoms with Crippen molar-refractivity contribution in [1.29, 1.82) is 0 Å². The van der Waals surface area contributed by atoms with Crippen LogP contribution in [0.3, 0.4) is 0 Å². The number of hydrogen-bond donors (Lipinski definition) is 0. The summed E-state index contributed by atoms with van der Waals surface area (Å²) in [6.07, 6.45) is 0. The summed E-state index contributed by atoms with van der Waals surface area (Å²) in [5.74, 6) is 9.77. The first-order valence-corrected chi connectivity index (χ1v) is 20.5. The molecule has 8 heteroatoms. The van der Waals surface area contributed by atoms with E-state index in [0.29, 0.717) is 0 Å². The van der Waals surface area contributed by atoms with E-state index in [4.69, 9.17) is 28.4 Å². The average Bonchev–Trinajstić information content (AvgIpc) is 3.23. The van der Waals surface area contributed by atoms with Crippen LogP contribution in [-0.2, 0) is 0 Å². The van der Waals surface area contributed by atoms with E-state index in [2.05, 4.69) is 84.4 Å². The van der Waals surface area contributed by atoms with Crippen LogP contribution in [0.4, 0.5) is 0 Å². The van der Waals surface area contributed by atoms with Crippen molar-refractivity contribution in [3.8, 4) is 34.5 Å². The Bertz CT molecular complexity index is 1680. The van der Waals surface area contributed by atoms with Crippen molar-refractivity contribution in [3.05, 3.63) is 157 Å². The van der Waals surface area contributed by atoms with Gasteiger partial charge in [0.15, 0.2) is 0 Å². The molecule has 0 fully saturated rings. The largest absolute Gasteiger partial charge is 0.497 e. The second-order valence-electron chi connectivity index (χ2n) is 11.9. The molecule has 0 aromatic heterocycles. The molecule has 0 amide bonds. The van der Waals surface area contributed by atoms with Gasteiger partial charge < -0.3 is 28.4 Å². The molecule has 0 heterocycles. The zero-order valence-electron chi connectivity index (χ0n) is 30.4. The minimum Gasteiger partial charge on any atom is -0.497 e. The molecule has 0 aliphatic heterocycles. The molecule has 0 aliphatic rings. The fourth-order valence-electron chi connectivity index (χ4n) is 6.51. The Morgan fingerprint density at radius 1 is 0.250 bits per heavy atom. The van der Waals surface area contributed by atoms with Gasteiger partial charge in [0.1, 0.15) is 92.5 Å². The molecule has 0 unspecified atom stereocenters. The average molecular weight is 731 g/mol. The first-order chi connectivity index (χ1) is 25.4. The summed E-state index contributed by atoms with van der Waals surface area (Å²) >= 11 is 0. The molecule has 0 bridgehead atoms. The first kappa shape index (κ1) is 36.5. The molecule has 0 saturated heterocycles. The molecule has 6 nitrogen and oxygen atoms in total. The van der Waals surface area contributed by atoms with Crippen LogP contribution in [0, 0.1) is 0 Å². The predicted molar refractivity (Wildman–Crippen MR) is 219 cm³/mol. The number of methoxy groups -OCH3 is 6. The summed E-state index contributed by atoms with van der Waals surface area (Å²) in [4.78, 5) is 0. The molecule has 0 spiro atoms. The highest BCUT2D eigenvalue weighted by Crippen LogP contribution is 2.64. The van der Waals surface area contributed by atoms with Gasteiger partial charge in [-0.05, 0) is 146 Å². The van der Waals surface area contributed by atoms with Gasteiger partial charge in [0, 0.05) is 0 Å². The lowest BCUT2D eigenvalue weighted by Crippen LogP contribution is -2.32. The minimum absolute atomic E-state index is 0.798. The summed E-state index contributed by atoms with van der Waals surface area (Å²) in [5.41, 5.74) is 0. The molecule has 0 saturated carbocycles. The van der Waals surface area contributed by atoms with Gasteiger partial charge in [-0.15, -0.1) is 0 Å². The molecule has 6 rings (SSSR count). The third-order valence-electron chi connectivity index (χ3n) is 9.39. The summed E-state index contributed by atoms with van der Waals surface area (Å²) in [5, 5.41) is 7.07. The zero-order valence-corrected chi connectivity index (χ0v) is 32.1. The Balaban J connectivity index is 1.74. The zero-order chi connectivity index (χ0) is 36.6. The van der Waals surface area contributed by atoms with Crippen LogP contribution < -0.4 is 60.2 Å². The highest BCUT2D eigenvalue weighted by Gasteiger charge is 2.49. The fourth-order valence-corrected chi connectivity index (χ4v) is 14.7. The van der Waals surface area contributed by atoms with Crippen LogP contribution in [-0.4, -0.2) is 42.7 Å². The Morgan fingerprint density at radius 2 is 0.385 bits per heavy atom. The van der Waals surface area contributed by atoms with E-state index in [0.717, 1.165) is 34.5 Å².